The van der Waals surface area contributed by atoms with E-state index in [0.29, 0.717) is 17.1 Å². The van der Waals surface area contributed by atoms with Crippen LogP contribution in [0.15, 0.2) is 48.5 Å². The second-order valence-corrected chi connectivity index (χ2v) is 8.20. The molecule has 30 heavy (non-hydrogen) atoms. The highest BCUT2D eigenvalue weighted by Gasteiger charge is 2.51. The van der Waals surface area contributed by atoms with Crippen LogP contribution in [-0.2, 0) is 21.5 Å². The molecule has 2 aromatic carbocycles. The number of amides is 4. The van der Waals surface area contributed by atoms with E-state index in [1.807, 2.05) is 37.3 Å². The highest BCUT2D eigenvalue weighted by atomic mass is 32.1. The van der Waals surface area contributed by atoms with Gasteiger partial charge in [-0.2, -0.15) is 0 Å². The van der Waals surface area contributed by atoms with Crippen LogP contribution in [0.1, 0.15) is 31.4 Å². The quantitative estimate of drug-likeness (QED) is 0.593. The van der Waals surface area contributed by atoms with Gasteiger partial charge in [0.2, 0.25) is 5.91 Å². The number of hydrogen-bond donors (Lipinski definition) is 2. The molecule has 0 radical (unpaired) electrons. The number of anilines is 1. The standard InChI is InChI=1S/C22H22N4O3S/c1-3-14-10-11-16-17(12-14)30-20(23-16)24-18(27)13-26-19(28)22(4-2,25-21(26)29)15-8-6-5-7-9-15/h5-12H,3-4,13H2,1-2H3,(H,25,29)(H,23,24,27). The highest BCUT2D eigenvalue weighted by Crippen LogP contribution is 2.32. The van der Waals surface area contributed by atoms with Gasteiger partial charge in [0.15, 0.2) is 5.13 Å². The highest BCUT2D eigenvalue weighted by molar-refractivity contribution is 7.22. The molecule has 154 valence electrons. The number of nitrogens with zero attached hydrogens (tertiary/aromatic N) is 2. The lowest BCUT2D eigenvalue weighted by Crippen LogP contribution is -2.44. The van der Waals surface area contributed by atoms with Gasteiger partial charge < -0.3 is 10.6 Å². The van der Waals surface area contributed by atoms with Crippen LogP contribution < -0.4 is 10.6 Å². The maximum absolute atomic E-state index is 13.1. The number of urea groups is 1. The van der Waals surface area contributed by atoms with Crippen molar-refractivity contribution in [2.75, 3.05) is 11.9 Å². The summed E-state index contributed by atoms with van der Waals surface area (Å²) in [5.74, 6) is -0.888. The van der Waals surface area contributed by atoms with Gasteiger partial charge in [-0.05, 0) is 36.1 Å². The summed E-state index contributed by atoms with van der Waals surface area (Å²) >= 11 is 1.37. The van der Waals surface area contributed by atoms with Crippen molar-refractivity contribution in [2.24, 2.45) is 0 Å². The second-order valence-electron chi connectivity index (χ2n) is 7.17. The van der Waals surface area contributed by atoms with E-state index in [9.17, 15) is 14.4 Å². The molecule has 1 aliphatic heterocycles. The Morgan fingerprint density at radius 3 is 2.63 bits per heavy atom. The summed E-state index contributed by atoms with van der Waals surface area (Å²) in [4.78, 5) is 43.6. The molecule has 0 bridgehead atoms. The van der Waals surface area contributed by atoms with Crippen molar-refractivity contribution in [1.82, 2.24) is 15.2 Å². The Morgan fingerprint density at radius 2 is 1.93 bits per heavy atom. The number of carbonyl (C=O) groups is 3. The van der Waals surface area contributed by atoms with Gasteiger partial charge in [-0.3, -0.25) is 14.5 Å². The molecule has 0 spiro atoms. The van der Waals surface area contributed by atoms with Gasteiger partial charge in [-0.1, -0.05) is 61.6 Å². The molecule has 1 fully saturated rings. The molecule has 4 amide bonds. The van der Waals surface area contributed by atoms with Crippen LogP contribution >= 0.6 is 11.3 Å². The van der Waals surface area contributed by atoms with E-state index in [4.69, 9.17) is 0 Å². The lowest BCUT2D eigenvalue weighted by Gasteiger charge is -2.25. The Hall–Kier alpha value is -3.26. The minimum atomic E-state index is -1.15. The second kappa shape index (κ2) is 7.87. The molecule has 3 aromatic rings. The number of hydrogen-bond acceptors (Lipinski definition) is 5. The summed E-state index contributed by atoms with van der Waals surface area (Å²) in [6.45, 7) is 3.55. The zero-order chi connectivity index (χ0) is 21.3. The van der Waals surface area contributed by atoms with Crippen molar-refractivity contribution in [3.05, 3.63) is 59.7 Å². The number of thiazole rings is 1. The maximum Gasteiger partial charge on any atom is 0.325 e. The Morgan fingerprint density at radius 1 is 1.17 bits per heavy atom. The van der Waals surface area contributed by atoms with E-state index in [0.717, 1.165) is 21.5 Å². The van der Waals surface area contributed by atoms with Gasteiger partial charge in [-0.15, -0.1) is 0 Å². The van der Waals surface area contributed by atoms with E-state index in [2.05, 4.69) is 28.6 Å². The van der Waals surface area contributed by atoms with Gasteiger partial charge in [0.1, 0.15) is 12.1 Å². The van der Waals surface area contributed by atoms with E-state index in [1.165, 1.54) is 16.9 Å². The fraction of sp³-hybridized carbons (Fsp3) is 0.273. The molecular formula is C22H22N4O3S. The Labute approximate surface area is 178 Å². The van der Waals surface area contributed by atoms with Crippen molar-refractivity contribution in [3.8, 4) is 0 Å². The normalized spacial score (nSPS) is 18.7. The lowest BCUT2D eigenvalue weighted by molar-refractivity contribution is -0.134. The van der Waals surface area contributed by atoms with Crippen LogP contribution in [0.3, 0.4) is 0 Å². The molecule has 4 rings (SSSR count). The van der Waals surface area contributed by atoms with Crippen LogP contribution in [0.25, 0.3) is 10.2 Å². The number of benzene rings is 2. The minimum absolute atomic E-state index is 0.366. The number of aryl methyl sites for hydroxylation is 1. The molecule has 1 saturated heterocycles. The molecule has 0 saturated carbocycles. The fourth-order valence-electron chi connectivity index (χ4n) is 3.68. The molecule has 1 unspecified atom stereocenters. The first-order valence-corrected chi connectivity index (χ1v) is 10.7. The summed E-state index contributed by atoms with van der Waals surface area (Å²) in [5.41, 5.74) is 1.55. The summed E-state index contributed by atoms with van der Waals surface area (Å²) < 4.78 is 0.980. The molecule has 7 nitrogen and oxygen atoms in total. The summed E-state index contributed by atoms with van der Waals surface area (Å²) in [6.07, 6.45) is 1.31. The molecule has 2 heterocycles. The number of rotatable bonds is 6. The number of aromatic nitrogens is 1. The van der Waals surface area contributed by atoms with Gasteiger partial charge in [-0.25, -0.2) is 9.78 Å². The zero-order valence-electron chi connectivity index (χ0n) is 16.8. The molecular weight excluding hydrogens is 400 g/mol. The third kappa shape index (κ3) is 3.43. The van der Waals surface area contributed by atoms with Crippen LogP contribution in [0.2, 0.25) is 0 Å². The molecule has 1 atom stereocenters. The number of carbonyl (C=O) groups excluding carboxylic acids is 3. The average molecular weight is 423 g/mol. The molecule has 8 heteroatoms. The van der Waals surface area contributed by atoms with Crippen molar-refractivity contribution in [2.45, 2.75) is 32.2 Å². The first-order chi connectivity index (χ1) is 14.5. The molecule has 0 aliphatic carbocycles. The number of fused-ring (bicyclic) bond motifs is 1. The fourth-order valence-corrected chi connectivity index (χ4v) is 4.62. The summed E-state index contributed by atoms with van der Waals surface area (Å²) in [6, 6.07) is 14.5. The number of nitrogens with one attached hydrogen (secondary N) is 2. The summed E-state index contributed by atoms with van der Waals surface area (Å²) in [7, 11) is 0. The van der Waals surface area contributed by atoms with Crippen molar-refractivity contribution in [3.63, 3.8) is 0 Å². The molecule has 2 N–H and O–H groups in total. The third-order valence-electron chi connectivity index (χ3n) is 5.38. The first kappa shape index (κ1) is 20.0. The van der Waals surface area contributed by atoms with Crippen LogP contribution in [0, 0.1) is 0 Å². The Balaban J connectivity index is 1.50. The van der Waals surface area contributed by atoms with Crippen LogP contribution in [-0.4, -0.2) is 34.3 Å². The minimum Gasteiger partial charge on any atom is -0.319 e. The van der Waals surface area contributed by atoms with Gasteiger partial charge in [0.25, 0.3) is 5.91 Å². The van der Waals surface area contributed by atoms with E-state index in [-0.39, 0.29) is 6.54 Å². The third-order valence-corrected chi connectivity index (χ3v) is 6.32. The van der Waals surface area contributed by atoms with Crippen LogP contribution in [0.4, 0.5) is 9.93 Å². The average Bonchev–Trinajstić information content (AvgIpc) is 3.27. The maximum atomic E-state index is 13.1. The van der Waals surface area contributed by atoms with E-state index < -0.39 is 23.4 Å². The largest absolute Gasteiger partial charge is 0.325 e. The monoisotopic (exact) mass is 422 g/mol. The molecule has 1 aromatic heterocycles. The Kier molecular flexibility index (Phi) is 5.26. The predicted octanol–water partition coefficient (Wildman–Crippen LogP) is 3.65. The number of imide groups is 1. The SMILES string of the molecule is CCc1ccc2nc(NC(=O)CN3C(=O)NC(CC)(c4ccccc4)C3=O)sc2c1. The van der Waals surface area contributed by atoms with Gasteiger partial charge >= 0.3 is 6.03 Å². The zero-order valence-corrected chi connectivity index (χ0v) is 17.6. The topological polar surface area (TPSA) is 91.4 Å². The van der Waals surface area contributed by atoms with Gasteiger partial charge in [0, 0.05) is 0 Å². The first-order valence-electron chi connectivity index (χ1n) is 9.85. The van der Waals surface area contributed by atoms with Crippen molar-refractivity contribution >= 4 is 44.5 Å². The molecule has 1 aliphatic rings. The van der Waals surface area contributed by atoms with E-state index in [1.54, 1.807) is 12.1 Å². The smallest absolute Gasteiger partial charge is 0.319 e. The summed E-state index contributed by atoms with van der Waals surface area (Å²) in [5, 5.41) is 5.94. The Bertz CT molecular complexity index is 1130. The predicted molar refractivity (Wildman–Crippen MR) is 116 cm³/mol. The van der Waals surface area contributed by atoms with E-state index >= 15 is 0 Å². The van der Waals surface area contributed by atoms with Crippen LogP contribution in [0.5, 0.6) is 0 Å². The lowest BCUT2D eigenvalue weighted by atomic mass is 9.87. The van der Waals surface area contributed by atoms with Gasteiger partial charge in [0.05, 0.1) is 10.2 Å². The van der Waals surface area contributed by atoms with Crippen molar-refractivity contribution in [1.29, 1.82) is 0 Å². The van der Waals surface area contributed by atoms with Crippen molar-refractivity contribution < 1.29 is 14.4 Å².